The second-order valence-corrected chi connectivity index (χ2v) is 7.29. The molecule has 3 unspecified atom stereocenters. The van der Waals surface area contributed by atoms with Gasteiger partial charge in [-0.05, 0) is 0 Å². The van der Waals surface area contributed by atoms with Gasteiger partial charge in [-0.15, -0.1) is 0 Å². The Hall–Kier alpha value is -1.64. The van der Waals surface area contributed by atoms with Crippen molar-refractivity contribution >= 4 is 0 Å². The molecule has 42 heavy (non-hydrogen) atoms. The highest BCUT2D eigenvalue weighted by Gasteiger charge is 2.77. The molecule has 6 nitrogen and oxygen atoms in total. The van der Waals surface area contributed by atoms with Crippen molar-refractivity contribution in [1.29, 1.82) is 0 Å². The fraction of sp³-hybridized carbons (Fsp3) is 1.00. The van der Waals surface area contributed by atoms with E-state index < -0.39 is 93.9 Å². The van der Waals surface area contributed by atoms with E-state index in [2.05, 4.69) is 28.4 Å². The second-order valence-electron chi connectivity index (χ2n) is 7.29. The smallest absolute Gasteiger partial charge is 0.382 e. The van der Waals surface area contributed by atoms with E-state index in [0.717, 1.165) is 7.11 Å². The summed E-state index contributed by atoms with van der Waals surface area (Å²) < 4.78 is 276. The van der Waals surface area contributed by atoms with Gasteiger partial charge in [-0.3, -0.25) is 9.47 Å². The number of hydrogen-bond donors (Lipinski definition) is 0. The predicted octanol–water partition coefficient (Wildman–Crippen LogP) is 6.44. The zero-order valence-corrected chi connectivity index (χ0v) is 19.6. The average Bonchev–Trinajstić information content (AvgIpc) is 2.77. The van der Waals surface area contributed by atoms with Crippen LogP contribution >= 0.6 is 0 Å². The zero-order chi connectivity index (χ0) is 33.8. The average molecular weight is 682 g/mol. The first-order valence-electron chi connectivity index (χ1n) is 9.82. The number of ether oxygens (including phenoxy) is 6. The lowest BCUT2D eigenvalue weighted by atomic mass is 10.3. The summed E-state index contributed by atoms with van der Waals surface area (Å²) in [5, 5.41) is 0. The number of alkyl halides is 20. The van der Waals surface area contributed by atoms with Gasteiger partial charge in [0.05, 0.1) is 26.4 Å². The molecule has 26 heteroatoms. The largest absolute Gasteiger partial charge is 0.462 e. The first-order valence-corrected chi connectivity index (χ1v) is 9.82. The van der Waals surface area contributed by atoms with Crippen molar-refractivity contribution in [1.82, 2.24) is 0 Å². The third-order valence-electron chi connectivity index (χ3n) is 4.00. The number of methoxy groups -OCH3 is 1. The number of halogens is 20. The quantitative estimate of drug-likeness (QED) is 0.123. The summed E-state index contributed by atoms with van der Waals surface area (Å²) in [6.07, 6.45) is -54.4. The van der Waals surface area contributed by atoms with Crippen LogP contribution in [0, 0.1) is 0 Å². The van der Waals surface area contributed by atoms with Crippen LogP contribution in [0.1, 0.15) is 0 Å². The Bertz CT molecular complexity index is 830. The van der Waals surface area contributed by atoms with Crippen LogP contribution in [0.4, 0.5) is 87.8 Å². The Labute approximate surface area is 218 Å². The van der Waals surface area contributed by atoms with Crippen molar-refractivity contribution in [2.75, 3.05) is 33.5 Å². The third kappa shape index (κ3) is 9.95. The summed E-state index contributed by atoms with van der Waals surface area (Å²) >= 11 is 0. The lowest BCUT2D eigenvalue weighted by Crippen LogP contribution is -2.56. The van der Waals surface area contributed by atoms with Crippen molar-refractivity contribution < 1.29 is 116 Å². The maximum atomic E-state index is 13.8. The van der Waals surface area contributed by atoms with Crippen molar-refractivity contribution in [3.05, 3.63) is 0 Å². The molecule has 0 aliphatic rings. The molecule has 0 rings (SSSR count). The molecule has 0 aromatic heterocycles. The molecule has 0 amide bonds. The van der Waals surface area contributed by atoms with E-state index in [1.54, 1.807) is 0 Å². The highest BCUT2D eigenvalue weighted by Crippen LogP contribution is 2.50. The molecule has 0 radical (unpaired) electrons. The molecule has 0 heterocycles. The van der Waals surface area contributed by atoms with Gasteiger partial charge in [0.1, 0.15) is 6.10 Å². The topological polar surface area (TPSA) is 55.4 Å². The van der Waals surface area contributed by atoms with Crippen molar-refractivity contribution in [3.63, 3.8) is 0 Å². The van der Waals surface area contributed by atoms with Gasteiger partial charge >= 0.3 is 48.6 Å². The van der Waals surface area contributed by atoms with E-state index in [0.29, 0.717) is 0 Å². The fourth-order valence-electron chi connectivity index (χ4n) is 1.89. The van der Waals surface area contributed by atoms with Crippen LogP contribution in [-0.2, 0) is 28.4 Å². The van der Waals surface area contributed by atoms with Gasteiger partial charge in [0.15, 0.2) is 0 Å². The molecule has 0 aromatic carbocycles. The summed E-state index contributed by atoms with van der Waals surface area (Å²) in [5.41, 5.74) is 0. The van der Waals surface area contributed by atoms with Crippen LogP contribution in [-0.4, -0.2) is 101 Å². The minimum absolute atomic E-state index is 0.476. The van der Waals surface area contributed by atoms with Crippen molar-refractivity contribution in [2.24, 2.45) is 0 Å². The van der Waals surface area contributed by atoms with Crippen LogP contribution in [0.2, 0.25) is 0 Å². The maximum Gasteiger partial charge on any atom is 0.462 e. The van der Waals surface area contributed by atoms with E-state index in [9.17, 15) is 87.8 Å². The molecule has 0 saturated heterocycles. The minimum Gasteiger partial charge on any atom is -0.382 e. The highest BCUT2D eigenvalue weighted by molar-refractivity contribution is 4.87. The van der Waals surface area contributed by atoms with Crippen LogP contribution in [0.15, 0.2) is 0 Å². The Morgan fingerprint density at radius 1 is 0.500 bits per heavy atom. The lowest BCUT2D eigenvalue weighted by molar-refractivity contribution is -0.472. The minimum atomic E-state index is -7.31. The molecule has 0 fully saturated rings. The first kappa shape index (κ1) is 40.4. The van der Waals surface area contributed by atoms with Gasteiger partial charge in [-0.25, -0.2) is 8.78 Å². The summed E-state index contributed by atoms with van der Waals surface area (Å²) in [5.74, 6) is -14.6. The standard InChI is InChI=1S/C16H14F20O6/c1-37-2-3-38-4-6(40-10(21,22)8(18)42-16(35,36)12(25,26)14(30,31)32)5-39-9(19,20)7(17)41-15(33,34)11(23,24)13(27,28)29/h6-8H,2-5H2,1H3. The summed E-state index contributed by atoms with van der Waals surface area (Å²) in [4.78, 5) is 0. The fourth-order valence-corrected chi connectivity index (χ4v) is 1.89. The summed E-state index contributed by atoms with van der Waals surface area (Å²) in [6, 6.07) is 0. The third-order valence-corrected chi connectivity index (χ3v) is 4.00. The van der Waals surface area contributed by atoms with Crippen LogP contribution < -0.4 is 0 Å². The molecule has 0 aromatic rings. The van der Waals surface area contributed by atoms with Gasteiger partial charge in [-0.2, -0.15) is 79.0 Å². The van der Waals surface area contributed by atoms with Gasteiger partial charge in [0.25, 0.3) is 12.7 Å². The molecular weight excluding hydrogens is 668 g/mol. The molecular formula is C16H14F20O6. The Morgan fingerprint density at radius 3 is 1.24 bits per heavy atom. The van der Waals surface area contributed by atoms with E-state index in [1.807, 2.05) is 0 Å². The van der Waals surface area contributed by atoms with Crippen molar-refractivity contribution in [3.8, 4) is 0 Å². The zero-order valence-electron chi connectivity index (χ0n) is 19.6. The van der Waals surface area contributed by atoms with E-state index in [-0.39, 0.29) is 0 Å². The van der Waals surface area contributed by atoms with Crippen LogP contribution in [0.3, 0.4) is 0 Å². The molecule has 0 N–H and O–H groups in total. The van der Waals surface area contributed by atoms with Gasteiger partial charge < -0.3 is 18.9 Å². The summed E-state index contributed by atoms with van der Waals surface area (Å²) in [6.45, 7) is -5.30. The van der Waals surface area contributed by atoms with E-state index in [4.69, 9.17) is 0 Å². The Morgan fingerprint density at radius 2 is 0.881 bits per heavy atom. The van der Waals surface area contributed by atoms with Gasteiger partial charge in [-0.1, -0.05) is 0 Å². The van der Waals surface area contributed by atoms with Crippen LogP contribution in [0.25, 0.3) is 0 Å². The highest BCUT2D eigenvalue weighted by atomic mass is 19.4. The normalized spacial score (nSPS) is 17.4. The molecule has 3 atom stereocenters. The monoisotopic (exact) mass is 682 g/mol. The van der Waals surface area contributed by atoms with Crippen molar-refractivity contribution in [2.45, 2.75) is 67.5 Å². The first-order chi connectivity index (χ1) is 18.4. The number of rotatable bonds is 18. The van der Waals surface area contributed by atoms with Crippen LogP contribution in [0.5, 0.6) is 0 Å². The molecule has 0 spiro atoms. The number of hydrogen-bond acceptors (Lipinski definition) is 6. The lowest BCUT2D eigenvalue weighted by Gasteiger charge is -2.32. The SMILES string of the molecule is COCCOCC(COC(F)(F)C(F)OC(F)(F)C(F)(F)C(F)(F)F)OC(F)(F)C(F)OC(F)(F)C(F)(F)C(F)(F)F. The Balaban J connectivity index is 5.78. The van der Waals surface area contributed by atoms with E-state index in [1.165, 1.54) is 0 Å². The molecule has 0 aliphatic heterocycles. The molecule has 254 valence electrons. The Kier molecular flexibility index (Phi) is 13.0. The molecule has 0 saturated carbocycles. The predicted molar refractivity (Wildman–Crippen MR) is 87.3 cm³/mol. The van der Waals surface area contributed by atoms with E-state index >= 15 is 0 Å². The maximum absolute atomic E-state index is 13.8. The molecule has 0 bridgehead atoms. The second kappa shape index (κ2) is 13.6. The molecule has 0 aliphatic carbocycles. The van der Waals surface area contributed by atoms with Gasteiger partial charge in [0, 0.05) is 7.11 Å². The van der Waals surface area contributed by atoms with Gasteiger partial charge in [0.2, 0.25) is 0 Å². The summed E-state index contributed by atoms with van der Waals surface area (Å²) in [7, 11) is 0.969.